The molecule has 0 fully saturated rings. The molecule has 0 N–H and O–H groups in total. The van der Waals surface area contributed by atoms with Crippen molar-refractivity contribution in [1.29, 1.82) is 0 Å². The summed E-state index contributed by atoms with van der Waals surface area (Å²) in [5.41, 5.74) is 1.66. The maximum Gasteiger partial charge on any atom is 0.188 e. The molecule has 7 heteroatoms. The van der Waals surface area contributed by atoms with E-state index in [-0.39, 0.29) is 22.4 Å². The molecule has 0 atom stereocenters. The van der Waals surface area contributed by atoms with Crippen LogP contribution in [0.5, 0.6) is 0 Å². The van der Waals surface area contributed by atoms with Crippen molar-refractivity contribution < 1.29 is 22.4 Å². The first kappa shape index (κ1) is 16.2. The van der Waals surface area contributed by atoms with Crippen molar-refractivity contribution in [2.24, 2.45) is 0 Å². The van der Waals surface area contributed by atoms with Crippen molar-refractivity contribution in [3.63, 3.8) is 0 Å². The predicted octanol–water partition coefficient (Wildman–Crippen LogP) is 2.78. The Kier molecular flexibility index (Phi) is 4.90. The summed E-state index contributed by atoms with van der Waals surface area (Å²) in [5.74, 6) is 2.09. The molecule has 121 valence electrons. The molecular formula is C17H12AgN6. The van der Waals surface area contributed by atoms with E-state index >= 15 is 0 Å². The molecule has 6 nitrogen and oxygen atoms in total. The van der Waals surface area contributed by atoms with E-state index in [1.165, 1.54) is 0 Å². The van der Waals surface area contributed by atoms with Crippen molar-refractivity contribution in [2.75, 3.05) is 0 Å². The molecule has 0 aliphatic heterocycles. The molecule has 4 rings (SSSR count). The standard InChI is InChI=1S/C17H12N6.Ag/c1-3-9-19-14(5-1)17-22-21-16(13-7-11-18-12-8-13)23(17)15-6-2-4-10-20-15;/h1-12H;. The second kappa shape index (κ2) is 7.27. The van der Waals surface area contributed by atoms with Crippen LogP contribution in [0.2, 0.25) is 0 Å². The quantitative estimate of drug-likeness (QED) is 0.488. The van der Waals surface area contributed by atoms with Gasteiger partial charge in [0.15, 0.2) is 11.6 Å². The van der Waals surface area contributed by atoms with Crippen molar-refractivity contribution in [2.45, 2.75) is 0 Å². The summed E-state index contributed by atoms with van der Waals surface area (Å²) in [6.07, 6.45) is 6.94. The summed E-state index contributed by atoms with van der Waals surface area (Å²) >= 11 is 0. The maximum absolute atomic E-state index is 4.43. The molecule has 24 heavy (non-hydrogen) atoms. The van der Waals surface area contributed by atoms with Crippen molar-refractivity contribution in [1.82, 2.24) is 29.7 Å². The minimum Gasteiger partial charge on any atom is -0.265 e. The Bertz CT molecular complexity index is 853. The van der Waals surface area contributed by atoms with Crippen molar-refractivity contribution >= 4 is 0 Å². The van der Waals surface area contributed by atoms with Gasteiger partial charge in [-0.1, -0.05) is 12.1 Å². The van der Waals surface area contributed by atoms with Crippen LogP contribution in [0.15, 0.2) is 73.3 Å². The van der Waals surface area contributed by atoms with Gasteiger partial charge in [-0.15, -0.1) is 10.2 Å². The Labute approximate surface area is 154 Å². The normalized spacial score (nSPS) is 10.2. The van der Waals surface area contributed by atoms with Gasteiger partial charge < -0.3 is 0 Å². The van der Waals surface area contributed by atoms with Crippen LogP contribution in [0.25, 0.3) is 28.7 Å². The number of hydrogen-bond donors (Lipinski definition) is 0. The van der Waals surface area contributed by atoms with Gasteiger partial charge in [0.2, 0.25) is 0 Å². The van der Waals surface area contributed by atoms with Crippen LogP contribution in [-0.4, -0.2) is 29.7 Å². The van der Waals surface area contributed by atoms with Crippen molar-refractivity contribution in [3.05, 3.63) is 73.3 Å². The molecule has 4 aromatic rings. The van der Waals surface area contributed by atoms with E-state index in [2.05, 4.69) is 25.1 Å². The summed E-state index contributed by atoms with van der Waals surface area (Å²) in [6.45, 7) is 0. The summed E-state index contributed by atoms with van der Waals surface area (Å²) < 4.78 is 1.90. The van der Waals surface area contributed by atoms with Gasteiger partial charge in [0.1, 0.15) is 11.5 Å². The molecule has 0 amide bonds. The van der Waals surface area contributed by atoms with Gasteiger partial charge in [-0.3, -0.25) is 14.5 Å². The van der Waals surface area contributed by atoms with Crippen LogP contribution in [0, 0.1) is 0 Å². The van der Waals surface area contributed by atoms with Crippen LogP contribution >= 0.6 is 0 Å². The minimum absolute atomic E-state index is 0. The second-order valence-corrected chi connectivity index (χ2v) is 4.82. The van der Waals surface area contributed by atoms with Gasteiger partial charge in [-0.05, 0) is 36.4 Å². The van der Waals surface area contributed by atoms with Gasteiger partial charge in [0.05, 0.1) is 0 Å². The van der Waals surface area contributed by atoms with Gasteiger partial charge >= 0.3 is 0 Å². The van der Waals surface area contributed by atoms with Crippen LogP contribution in [0.1, 0.15) is 0 Å². The Morgan fingerprint density at radius 2 is 1.38 bits per heavy atom. The molecule has 0 saturated heterocycles. The van der Waals surface area contributed by atoms with E-state index in [4.69, 9.17) is 0 Å². The van der Waals surface area contributed by atoms with Crippen molar-refractivity contribution in [3.8, 4) is 28.7 Å². The monoisotopic (exact) mass is 407 g/mol. The second-order valence-electron chi connectivity index (χ2n) is 4.82. The zero-order valence-electron chi connectivity index (χ0n) is 12.4. The van der Waals surface area contributed by atoms with Gasteiger partial charge in [-0.2, -0.15) is 0 Å². The number of pyridine rings is 3. The molecule has 1 radical (unpaired) electrons. The Morgan fingerprint density at radius 1 is 0.667 bits per heavy atom. The average molecular weight is 408 g/mol. The summed E-state index contributed by atoms with van der Waals surface area (Å²) in [6, 6.07) is 15.2. The number of nitrogens with zero attached hydrogens (tertiary/aromatic N) is 6. The first-order valence-corrected chi connectivity index (χ1v) is 7.12. The third kappa shape index (κ3) is 3.03. The fraction of sp³-hybridized carbons (Fsp3) is 0. The molecule has 0 aliphatic rings. The largest absolute Gasteiger partial charge is 0.265 e. The number of aromatic nitrogens is 6. The van der Waals surface area contributed by atoms with E-state index < -0.39 is 0 Å². The summed E-state index contributed by atoms with van der Waals surface area (Å²) in [5, 5.41) is 8.67. The maximum atomic E-state index is 4.43. The SMILES string of the molecule is [Ag].c1ccc(-c2nnc(-c3ccncc3)n2-c2ccccn2)nc1. The number of hydrogen-bond acceptors (Lipinski definition) is 5. The third-order valence-electron chi connectivity index (χ3n) is 3.37. The molecule has 4 aromatic heterocycles. The van der Waals surface area contributed by atoms with Crippen LogP contribution in [0.4, 0.5) is 0 Å². The average Bonchev–Trinajstić information content (AvgIpc) is 3.09. The molecule has 4 heterocycles. The molecular weight excluding hydrogens is 396 g/mol. The zero-order chi connectivity index (χ0) is 15.5. The van der Waals surface area contributed by atoms with Crippen LogP contribution in [0.3, 0.4) is 0 Å². The van der Waals surface area contributed by atoms with E-state index in [1.54, 1.807) is 24.8 Å². The van der Waals surface area contributed by atoms with E-state index in [0.717, 1.165) is 17.1 Å². The Morgan fingerprint density at radius 3 is 2.04 bits per heavy atom. The molecule has 0 spiro atoms. The smallest absolute Gasteiger partial charge is 0.188 e. The minimum atomic E-state index is 0. The fourth-order valence-electron chi connectivity index (χ4n) is 2.34. The van der Waals surface area contributed by atoms with E-state index in [1.807, 2.05) is 53.1 Å². The Balaban J connectivity index is 0.00000169. The van der Waals surface area contributed by atoms with Gasteiger partial charge in [0, 0.05) is 52.7 Å². The summed E-state index contributed by atoms with van der Waals surface area (Å²) in [4.78, 5) is 12.9. The third-order valence-corrected chi connectivity index (χ3v) is 3.37. The fourth-order valence-corrected chi connectivity index (χ4v) is 2.34. The van der Waals surface area contributed by atoms with Crippen LogP contribution in [-0.2, 0) is 22.4 Å². The number of rotatable bonds is 3. The van der Waals surface area contributed by atoms with Crippen LogP contribution < -0.4 is 0 Å². The Hall–Kier alpha value is -2.67. The molecule has 0 aromatic carbocycles. The first-order valence-electron chi connectivity index (χ1n) is 7.12. The first-order chi connectivity index (χ1) is 11.4. The van der Waals surface area contributed by atoms with E-state index in [9.17, 15) is 0 Å². The molecule has 0 aliphatic carbocycles. The zero-order valence-corrected chi connectivity index (χ0v) is 13.9. The van der Waals surface area contributed by atoms with Gasteiger partial charge in [0.25, 0.3) is 0 Å². The summed E-state index contributed by atoms with van der Waals surface area (Å²) in [7, 11) is 0. The predicted molar refractivity (Wildman–Crippen MR) is 85.6 cm³/mol. The van der Waals surface area contributed by atoms with E-state index in [0.29, 0.717) is 11.6 Å². The molecule has 0 saturated carbocycles. The van der Waals surface area contributed by atoms with Gasteiger partial charge in [-0.25, -0.2) is 4.98 Å². The topological polar surface area (TPSA) is 69.4 Å². The molecule has 0 unspecified atom stereocenters. The molecule has 0 bridgehead atoms.